The summed E-state index contributed by atoms with van der Waals surface area (Å²) in [6, 6.07) is 29.8. The third-order valence-corrected chi connectivity index (χ3v) is 9.34. The number of anilines is 4. The lowest BCUT2D eigenvalue weighted by Gasteiger charge is -2.32. The first kappa shape index (κ1) is 29.4. The lowest BCUT2D eigenvalue weighted by atomic mass is 9.93. The summed E-state index contributed by atoms with van der Waals surface area (Å²) in [4.78, 5) is 30.9. The van der Waals surface area contributed by atoms with Gasteiger partial charge in [0.15, 0.2) is 5.82 Å². The quantitative estimate of drug-likeness (QED) is 0.170. The third-order valence-electron chi connectivity index (χ3n) is 9.34. The highest BCUT2D eigenvalue weighted by Gasteiger charge is 2.28. The first-order valence-corrected chi connectivity index (χ1v) is 16.8. The van der Waals surface area contributed by atoms with Gasteiger partial charge in [-0.05, 0) is 83.4 Å². The smallest absolute Gasteiger partial charge is 0.164 e. The molecule has 0 unspecified atom stereocenters. The number of aromatic nitrogens is 5. The highest BCUT2D eigenvalue weighted by atomic mass is 15.2. The summed E-state index contributed by atoms with van der Waals surface area (Å²) >= 11 is 0. The van der Waals surface area contributed by atoms with E-state index in [9.17, 15) is 0 Å². The number of hydrogen-bond acceptors (Lipinski definition) is 8. The largest absolute Gasteiger partial charge is 0.302 e. The van der Waals surface area contributed by atoms with Crippen molar-refractivity contribution in [3.8, 4) is 33.6 Å². The van der Waals surface area contributed by atoms with Gasteiger partial charge in [0, 0.05) is 63.9 Å². The number of aliphatic imine (C=N–C) groups is 1. The van der Waals surface area contributed by atoms with Gasteiger partial charge in [-0.3, -0.25) is 14.9 Å². The summed E-state index contributed by atoms with van der Waals surface area (Å²) in [5.41, 5.74) is 21.2. The van der Waals surface area contributed by atoms with Crippen LogP contribution in [0.15, 0.2) is 181 Å². The van der Waals surface area contributed by atoms with E-state index < -0.39 is 0 Å². The molecule has 0 N–H and O–H groups in total. The summed E-state index contributed by atoms with van der Waals surface area (Å²) in [6.45, 7) is 0. The van der Waals surface area contributed by atoms with Crippen LogP contribution in [0.5, 0.6) is 0 Å². The number of rotatable bonds is 5. The van der Waals surface area contributed by atoms with Gasteiger partial charge in [-0.25, -0.2) is 19.9 Å². The number of nitrogens with zero attached hydrogens (tertiary/aromatic N) is 8. The minimum absolute atomic E-state index is 0.568. The van der Waals surface area contributed by atoms with E-state index in [2.05, 4.69) is 137 Å². The maximum Gasteiger partial charge on any atom is 0.164 e. The first-order valence-electron chi connectivity index (χ1n) is 16.8. The highest BCUT2D eigenvalue weighted by molar-refractivity contribution is 6.01. The lowest BCUT2D eigenvalue weighted by Crippen LogP contribution is -2.22. The van der Waals surface area contributed by atoms with Gasteiger partial charge in [-0.2, -0.15) is 0 Å². The monoisotopic (exact) mass is 666 g/mol. The second-order valence-corrected chi connectivity index (χ2v) is 12.5. The minimum atomic E-state index is 0.568. The topological polar surface area (TPSA) is 83.3 Å². The number of benzene rings is 3. The Hall–Kier alpha value is -7.50. The van der Waals surface area contributed by atoms with Crippen LogP contribution in [0.1, 0.15) is 11.1 Å². The Morgan fingerprint density at radius 2 is 1.29 bits per heavy atom. The molecule has 8 nitrogen and oxygen atoms in total. The van der Waals surface area contributed by atoms with Gasteiger partial charge in [0.05, 0.1) is 23.3 Å². The summed E-state index contributed by atoms with van der Waals surface area (Å²) < 4.78 is 0. The Labute approximate surface area is 299 Å². The summed E-state index contributed by atoms with van der Waals surface area (Å²) in [6.07, 6.45) is 22.4. The zero-order valence-corrected chi connectivity index (χ0v) is 27.6. The maximum absolute atomic E-state index is 4.99. The molecule has 0 fully saturated rings. The molecular weight excluding hydrogens is 641 g/mol. The van der Waals surface area contributed by atoms with Crippen LogP contribution in [-0.4, -0.2) is 31.1 Å². The Balaban J connectivity index is 1.07. The van der Waals surface area contributed by atoms with Crippen LogP contribution in [0, 0.1) is 0 Å². The normalized spacial score (nSPS) is 14.8. The molecule has 3 aromatic heterocycles. The van der Waals surface area contributed by atoms with Crippen LogP contribution in [0.3, 0.4) is 0 Å². The van der Waals surface area contributed by atoms with E-state index in [0.717, 1.165) is 84.4 Å². The second-order valence-electron chi connectivity index (χ2n) is 12.5. The molecule has 242 valence electrons. The molecule has 0 atom stereocenters. The molecule has 10 rings (SSSR count). The first-order chi connectivity index (χ1) is 25.8. The Kier molecular flexibility index (Phi) is 6.86. The maximum atomic E-state index is 4.99. The van der Waals surface area contributed by atoms with Gasteiger partial charge in [0.2, 0.25) is 0 Å². The van der Waals surface area contributed by atoms with E-state index >= 15 is 0 Å². The molecule has 0 radical (unpaired) electrons. The van der Waals surface area contributed by atoms with Crippen LogP contribution in [0.25, 0.3) is 44.8 Å². The Morgan fingerprint density at radius 3 is 2.17 bits per heavy atom. The molecule has 0 saturated heterocycles. The zero-order chi connectivity index (χ0) is 34.4. The number of fused-ring (bicyclic) bond motifs is 4. The van der Waals surface area contributed by atoms with Crippen molar-refractivity contribution in [2.75, 3.05) is 9.80 Å². The van der Waals surface area contributed by atoms with E-state index in [0.29, 0.717) is 5.82 Å². The van der Waals surface area contributed by atoms with E-state index in [4.69, 9.17) is 4.98 Å². The predicted octanol–water partition coefficient (Wildman–Crippen LogP) is 9.42. The molecule has 1 aliphatic carbocycles. The van der Waals surface area contributed by atoms with Crippen molar-refractivity contribution in [3.05, 3.63) is 187 Å². The summed E-state index contributed by atoms with van der Waals surface area (Å²) in [7, 11) is 0. The fraction of sp³-hybridized carbons (Fsp3) is 0. The van der Waals surface area contributed by atoms with Crippen molar-refractivity contribution >= 4 is 40.2 Å². The molecule has 4 aliphatic rings. The van der Waals surface area contributed by atoms with Gasteiger partial charge in [-0.1, -0.05) is 60.0 Å². The van der Waals surface area contributed by atoms with Crippen molar-refractivity contribution in [1.82, 2.24) is 24.9 Å². The number of pyridine rings is 2. The highest BCUT2D eigenvalue weighted by Crippen LogP contribution is 2.45. The van der Waals surface area contributed by atoms with E-state index in [1.807, 2.05) is 49.1 Å². The van der Waals surface area contributed by atoms with E-state index in [1.54, 1.807) is 6.20 Å². The molecular formula is C44H26N8. The fourth-order valence-electron chi connectivity index (χ4n) is 6.96. The molecule has 0 saturated carbocycles. The van der Waals surface area contributed by atoms with Gasteiger partial charge < -0.3 is 4.90 Å². The van der Waals surface area contributed by atoms with Crippen LogP contribution >= 0.6 is 0 Å². The zero-order valence-electron chi connectivity index (χ0n) is 27.6. The molecule has 3 aromatic carbocycles. The molecule has 4 bridgehead atoms. The molecule has 8 heteroatoms. The molecule has 0 spiro atoms. The van der Waals surface area contributed by atoms with Gasteiger partial charge >= 0.3 is 0 Å². The van der Waals surface area contributed by atoms with E-state index in [-0.39, 0.29) is 0 Å². The molecule has 52 heavy (non-hydrogen) atoms. The average molecular weight is 667 g/mol. The van der Waals surface area contributed by atoms with E-state index in [1.165, 1.54) is 12.7 Å². The van der Waals surface area contributed by atoms with Crippen molar-refractivity contribution in [1.29, 1.82) is 0 Å². The van der Waals surface area contributed by atoms with Crippen LogP contribution in [-0.2, 0) is 0 Å². The van der Waals surface area contributed by atoms with Crippen molar-refractivity contribution < 1.29 is 0 Å². The lowest BCUT2D eigenvalue weighted by molar-refractivity contribution is 1.05. The standard InChI is InChI=1S/C44H26N8/c1-2-10-36-19-32(6-1)41-22-35(43-49-27-47-28-50-43)25-48-44(41)52(36)38-12-4-11-37(23-38)51-39-20-33(15-17-46-26-39)40-21-31(13-14-42(40)51)29-7-3-8-30(18-29)34-9-5-16-45-24-34/h1-18,21-28H. The number of allylic oxidation sites excluding steroid dienone is 6. The minimum Gasteiger partial charge on any atom is -0.302 e. The predicted molar refractivity (Wildman–Crippen MR) is 206 cm³/mol. The fourth-order valence-corrected chi connectivity index (χ4v) is 6.96. The molecule has 0 amide bonds. The SMILES string of the molecule is C1=C2C=CN=CC=1N(c1cccc(N3C4=C=C(C=CC=C4)c4cc(-c5ncncn5)cnc43)c1)c1ccc(-c3cccc(-c4cccnc4)c3)cc12. The Morgan fingerprint density at radius 1 is 0.538 bits per heavy atom. The average Bonchev–Trinajstić information content (AvgIpc) is 3.56. The molecule has 6 aromatic rings. The number of hydrogen-bond donors (Lipinski definition) is 0. The third kappa shape index (κ3) is 5.04. The van der Waals surface area contributed by atoms with Crippen molar-refractivity contribution in [2.24, 2.45) is 4.99 Å². The molecule has 6 heterocycles. The van der Waals surface area contributed by atoms with Gasteiger partial charge in [0.25, 0.3) is 0 Å². The Bertz CT molecular complexity index is 2710. The van der Waals surface area contributed by atoms with Gasteiger partial charge in [-0.15, -0.1) is 0 Å². The van der Waals surface area contributed by atoms with Crippen LogP contribution in [0.4, 0.5) is 22.9 Å². The van der Waals surface area contributed by atoms with Crippen molar-refractivity contribution in [3.63, 3.8) is 0 Å². The van der Waals surface area contributed by atoms with Crippen LogP contribution in [0.2, 0.25) is 0 Å². The second kappa shape index (κ2) is 12.1. The van der Waals surface area contributed by atoms with Crippen molar-refractivity contribution in [2.45, 2.75) is 0 Å². The van der Waals surface area contributed by atoms with Gasteiger partial charge in [0.1, 0.15) is 24.2 Å². The summed E-state index contributed by atoms with van der Waals surface area (Å²) in [5.74, 6) is 1.37. The summed E-state index contributed by atoms with van der Waals surface area (Å²) in [5, 5.41) is 0. The molecule has 3 aliphatic heterocycles. The van der Waals surface area contributed by atoms with Crippen LogP contribution < -0.4 is 9.80 Å².